The van der Waals surface area contributed by atoms with E-state index in [4.69, 9.17) is 9.47 Å². The highest BCUT2D eigenvalue weighted by molar-refractivity contribution is 5.76. The van der Waals surface area contributed by atoms with E-state index < -0.39 is 10.8 Å². The molecular formula is C41H74O4. The Morgan fingerprint density at radius 1 is 0.689 bits per heavy atom. The average Bonchev–Trinajstić information content (AvgIpc) is 2.94. The molecule has 45 heavy (non-hydrogen) atoms. The number of rotatable bonds is 22. The molecule has 0 aromatic carbocycles. The Balaban J connectivity index is 5.42. The lowest BCUT2D eigenvalue weighted by atomic mass is 9.66. The number of carbonyl (C=O) groups is 2. The average molecular weight is 631 g/mol. The van der Waals surface area contributed by atoms with Gasteiger partial charge < -0.3 is 9.47 Å². The monoisotopic (exact) mass is 631 g/mol. The van der Waals surface area contributed by atoms with Gasteiger partial charge in [0.05, 0.1) is 10.8 Å². The zero-order valence-corrected chi connectivity index (χ0v) is 32.3. The SMILES string of the molecule is C=CC(C)(C=CCOC(=O)C(C)(CC)CC(C)C(C)C(CC(C)(C)C(=O)OCC=CC(C)(CC)CC(C)C)C(C)C)CC(C)C. The molecular weight excluding hydrogens is 556 g/mol. The largest absolute Gasteiger partial charge is 0.461 e. The van der Waals surface area contributed by atoms with Crippen LogP contribution in [0.2, 0.25) is 0 Å². The van der Waals surface area contributed by atoms with E-state index in [2.05, 4.69) is 102 Å². The van der Waals surface area contributed by atoms with E-state index in [9.17, 15) is 9.59 Å². The summed E-state index contributed by atoms with van der Waals surface area (Å²) in [5.74, 6) is 2.20. The number of carbonyl (C=O) groups excluding carboxylic acids is 2. The van der Waals surface area contributed by atoms with Gasteiger partial charge in [0.2, 0.25) is 0 Å². The lowest BCUT2D eigenvalue weighted by Crippen LogP contribution is -2.37. The first-order valence-electron chi connectivity index (χ1n) is 17.9. The van der Waals surface area contributed by atoms with Crippen LogP contribution >= 0.6 is 0 Å². The van der Waals surface area contributed by atoms with Gasteiger partial charge in [-0.1, -0.05) is 113 Å². The van der Waals surface area contributed by atoms with E-state index >= 15 is 0 Å². The minimum absolute atomic E-state index is 0.106. The third-order valence-electron chi connectivity index (χ3n) is 10.4. The molecule has 4 heteroatoms. The first kappa shape index (κ1) is 43.2. The maximum Gasteiger partial charge on any atom is 0.312 e. The maximum absolute atomic E-state index is 13.4. The van der Waals surface area contributed by atoms with Crippen LogP contribution in [0.25, 0.3) is 0 Å². The Kier molecular flexibility index (Phi) is 18.3. The highest BCUT2D eigenvalue weighted by Gasteiger charge is 2.40. The number of hydrogen-bond donors (Lipinski definition) is 0. The van der Waals surface area contributed by atoms with Gasteiger partial charge in [-0.3, -0.25) is 9.59 Å². The fourth-order valence-electron chi connectivity index (χ4n) is 7.02. The molecule has 6 unspecified atom stereocenters. The second kappa shape index (κ2) is 19.1. The second-order valence-corrected chi connectivity index (χ2v) is 16.9. The van der Waals surface area contributed by atoms with Crippen LogP contribution in [0.1, 0.15) is 142 Å². The summed E-state index contributed by atoms with van der Waals surface area (Å²) in [6.45, 7) is 37.3. The van der Waals surface area contributed by atoms with Gasteiger partial charge in [0.1, 0.15) is 13.2 Å². The predicted molar refractivity (Wildman–Crippen MR) is 194 cm³/mol. The van der Waals surface area contributed by atoms with E-state index in [1.807, 2.05) is 39.0 Å². The molecule has 0 fully saturated rings. The summed E-state index contributed by atoms with van der Waals surface area (Å²) in [6.07, 6.45) is 15.7. The van der Waals surface area contributed by atoms with Gasteiger partial charge in [0.15, 0.2) is 0 Å². The van der Waals surface area contributed by atoms with Gasteiger partial charge in [0.25, 0.3) is 0 Å². The van der Waals surface area contributed by atoms with Crippen LogP contribution < -0.4 is 0 Å². The molecule has 0 aliphatic carbocycles. The Bertz CT molecular complexity index is 957. The Morgan fingerprint density at radius 3 is 1.64 bits per heavy atom. The van der Waals surface area contributed by atoms with Crippen LogP contribution in [0.5, 0.6) is 0 Å². The van der Waals surface area contributed by atoms with Gasteiger partial charge in [-0.15, -0.1) is 6.58 Å². The summed E-state index contributed by atoms with van der Waals surface area (Å²) in [6, 6.07) is 0. The van der Waals surface area contributed by atoms with Crippen LogP contribution in [0.15, 0.2) is 37.0 Å². The smallest absolute Gasteiger partial charge is 0.312 e. The zero-order valence-electron chi connectivity index (χ0n) is 32.3. The summed E-state index contributed by atoms with van der Waals surface area (Å²) < 4.78 is 11.6. The normalized spacial score (nSPS) is 18.9. The molecule has 0 saturated carbocycles. The van der Waals surface area contributed by atoms with Gasteiger partial charge in [-0.05, 0) is 100 Å². The van der Waals surface area contributed by atoms with E-state index in [1.54, 1.807) is 0 Å². The molecule has 262 valence electrons. The van der Waals surface area contributed by atoms with Gasteiger partial charge in [-0.25, -0.2) is 0 Å². The Hall–Kier alpha value is -1.84. The predicted octanol–water partition coefficient (Wildman–Crippen LogP) is 11.7. The molecule has 0 saturated heterocycles. The van der Waals surface area contributed by atoms with E-state index in [0.717, 1.165) is 38.5 Å². The van der Waals surface area contributed by atoms with Crippen molar-refractivity contribution >= 4 is 11.9 Å². The molecule has 0 aliphatic rings. The summed E-state index contributed by atoms with van der Waals surface area (Å²) in [5, 5.41) is 0. The van der Waals surface area contributed by atoms with Crippen LogP contribution in [0.4, 0.5) is 0 Å². The molecule has 0 aliphatic heterocycles. The van der Waals surface area contributed by atoms with Crippen molar-refractivity contribution in [1.82, 2.24) is 0 Å². The lowest BCUT2D eigenvalue weighted by Gasteiger charge is -2.39. The van der Waals surface area contributed by atoms with E-state index in [-0.39, 0.29) is 35.3 Å². The van der Waals surface area contributed by atoms with Gasteiger partial charge in [0, 0.05) is 5.41 Å². The zero-order chi connectivity index (χ0) is 35.2. The summed E-state index contributed by atoms with van der Waals surface area (Å²) in [7, 11) is 0. The van der Waals surface area contributed by atoms with Gasteiger partial charge >= 0.3 is 11.9 Å². The van der Waals surface area contributed by atoms with E-state index in [0.29, 0.717) is 36.2 Å². The molecule has 0 N–H and O–H groups in total. The molecule has 0 radical (unpaired) electrons. The lowest BCUT2D eigenvalue weighted by molar-refractivity contribution is -0.155. The van der Waals surface area contributed by atoms with Crippen LogP contribution in [0, 0.1) is 57.2 Å². The van der Waals surface area contributed by atoms with E-state index in [1.165, 1.54) is 0 Å². The van der Waals surface area contributed by atoms with Crippen molar-refractivity contribution < 1.29 is 19.1 Å². The minimum atomic E-state index is -0.600. The summed E-state index contributed by atoms with van der Waals surface area (Å²) in [5.41, 5.74) is -1.14. The molecule has 4 nitrogen and oxygen atoms in total. The first-order chi connectivity index (χ1) is 20.6. The fourth-order valence-corrected chi connectivity index (χ4v) is 7.02. The molecule has 0 amide bonds. The molecule has 0 rings (SSSR count). The molecule has 0 heterocycles. The second-order valence-electron chi connectivity index (χ2n) is 16.9. The number of esters is 2. The maximum atomic E-state index is 13.4. The highest BCUT2D eigenvalue weighted by Crippen LogP contribution is 2.42. The fraction of sp³-hybridized carbons (Fsp3) is 0.805. The first-order valence-corrected chi connectivity index (χ1v) is 17.9. The Labute approximate surface area is 280 Å². The molecule has 0 aromatic rings. The molecule has 0 spiro atoms. The number of hydrogen-bond acceptors (Lipinski definition) is 4. The van der Waals surface area contributed by atoms with Gasteiger partial charge in [-0.2, -0.15) is 0 Å². The number of ether oxygens (including phenoxy) is 2. The molecule has 0 aromatic heterocycles. The molecule has 6 atom stereocenters. The van der Waals surface area contributed by atoms with Crippen molar-refractivity contribution in [3.63, 3.8) is 0 Å². The van der Waals surface area contributed by atoms with Crippen LogP contribution in [-0.4, -0.2) is 25.2 Å². The van der Waals surface area contributed by atoms with Crippen molar-refractivity contribution in [1.29, 1.82) is 0 Å². The van der Waals surface area contributed by atoms with Crippen LogP contribution in [0.3, 0.4) is 0 Å². The molecule has 0 bridgehead atoms. The van der Waals surface area contributed by atoms with Crippen LogP contribution in [-0.2, 0) is 19.1 Å². The third kappa shape index (κ3) is 15.1. The standard InChI is InChI=1S/C41H74O4/c1-17-39(14,26-30(4)5)22-20-24-44-36(42)38(12,13)29-35(32(8)9)34(11)33(10)28-41(16,19-3)37(43)45-25-21-23-40(15,18-2)27-31(6)7/h18,20-23,30-35H,2,17,19,24-29H2,1,3-16H3. The quantitative estimate of drug-likeness (QED) is 0.0882. The minimum Gasteiger partial charge on any atom is -0.461 e. The topological polar surface area (TPSA) is 52.6 Å². The van der Waals surface area contributed by atoms with Crippen molar-refractivity contribution in [3.8, 4) is 0 Å². The van der Waals surface area contributed by atoms with Crippen molar-refractivity contribution in [2.45, 2.75) is 142 Å². The van der Waals surface area contributed by atoms with Crippen molar-refractivity contribution in [2.75, 3.05) is 13.2 Å². The van der Waals surface area contributed by atoms with Crippen molar-refractivity contribution in [2.24, 2.45) is 57.2 Å². The van der Waals surface area contributed by atoms with Crippen molar-refractivity contribution in [3.05, 3.63) is 37.0 Å². The highest BCUT2D eigenvalue weighted by atomic mass is 16.5. The Morgan fingerprint density at radius 2 is 1.20 bits per heavy atom. The number of allylic oxidation sites excluding steroid dienone is 3. The summed E-state index contributed by atoms with van der Waals surface area (Å²) >= 11 is 0. The third-order valence-corrected chi connectivity index (χ3v) is 10.4. The summed E-state index contributed by atoms with van der Waals surface area (Å²) in [4.78, 5) is 26.6.